The van der Waals surface area contributed by atoms with Gasteiger partial charge in [0.05, 0.1) is 12.1 Å². The highest BCUT2D eigenvalue weighted by Crippen LogP contribution is 2.22. The molecule has 2 aromatic heterocycles. The maximum atomic E-state index is 12.6. The smallest absolute Gasteiger partial charge is 0.340 e. The number of amides is 1. The van der Waals surface area contributed by atoms with E-state index in [1.165, 1.54) is 4.88 Å². The quantitative estimate of drug-likeness (QED) is 0.586. The molecule has 6 heteroatoms. The van der Waals surface area contributed by atoms with E-state index in [1.807, 2.05) is 64.3 Å². The predicted octanol–water partition coefficient (Wildman–Crippen LogP) is 4.94. The minimum Gasteiger partial charge on any atom is -0.452 e. The molecule has 1 amide bonds. The van der Waals surface area contributed by atoms with E-state index < -0.39 is 5.97 Å². The lowest BCUT2D eigenvalue weighted by molar-refractivity contribution is -0.119. The summed E-state index contributed by atoms with van der Waals surface area (Å²) in [6.45, 7) is 10.2. The molecule has 0 unspecified atom stereocenters. The summed E-state index contributed by atoms with van der Waals surface area (Å²) in [5, 5.41) is 4.89. The van der Waals surface area contributed by atoms with Crippen LogP contribution in [0.1, 0.15) is 43.3 Å². The van der Waals surface area contributed by atoms with Gasteiger partial charge >= 0.3 is 5.97 Å². The molecule has 0 aliphatic rings. The zero-order valence-corrected chi connectivity index (χ0v) is 18.3. The molecule has 1 N–H and O–H groups in total. The fraction of sp³-hybridized carbons (Fsp3) is 0.304. The van der Waals surface area contributed by atoms with Crippen molar-refractivity contribution in [1.29, 1.82) is 0 Å². The largest absolute Gasteiger partial charge is 0.452 e. The molecular weight excluding hydrogens is 384 g/mol. The van der Waals surface area contributed by atoms with Crippen molar-refractivity contribution in [3.8, 4) is 0 Å². The molecule has 0 bridgehead atoms. The number of thiophene rings is 1. The molecule has 0 fully saturated rings. The van der Waals surface area contributed by atoms with E-state index in [1.54, 1.807) is 11.3 Å². The first kappa shape index (κ1) is 20.9. The van der Waals surface area contributed by atoms with Crippen LogP contribution in [0.5, 0.6) is 0 Å². The molecule has 0 aliphatic carbocycles. The number of carbonyl (C=O) groups is 2. The second kappa shape index (κ2) is 8.66. The Morgan fingerprint density at radius 1 is 1.07 bits per heavy atom. The Morgan fingerprint density at radius 3 is 2.38 bits per heavy atom. The Kier molecular flexibility index (Phi) is 6.23. The molecule has 0 saturated heterocycles. The molecule has 0 saturated carbocycles. The summed E-state index contributed by atoms with van der Waals surface area (Å²) in [6, 6.07) is 9.92. The SMILES string of the molecule is Cc1cc(C)c(NC(=O)COC(=O)c2cc(C)n(Cc3cccs3)c2C)c(C)c1. The second-order valence-electron chi connectivity index (χ2n) is 7.35. The lowest BCUT2D eigenvalue weighted by Gasteiger charge is -2.13. The highest BCUT2D eigenvalue weighted by molar-refractivity contribution is 7.09. The van der Waals surface area contributed by atoms with Gasteiger partial charge in [-0.3, -0.25) is 4.79 Å². The topological polar surface area (TPSA) is 60.3 Å². The van der Waals surface area contributed by atoms with Crippen LogP contribution in [0.3, 0.4) is 0 Å². The van der Waals surface area contributed by atoms with E-state index >= 15 is 0 Å². The van der Waals surface area contributed by atoms with E-state index in [9.17, 15) is 9.59 Å². The summed E-state index contributed by atoms with van der Waals surface area (Å²) in [7, 11) is 0. The van der Waals surface area contributed by atoms with Crippen molar-refractivity contribution >= 4 is 28.9 Å². The van der Waals surface area contributed by atoms with Crippen molar-refractivity contribution in [3.05, 3.63) is 74.2 Å². The average Bonchev–Trinajstić information content (AvgIpc) is 3.26. The van der Waals surface area contributed by atoms with Crippen molar-refractivity contribution < 1.29 is 14.3 Å². The van der Waals surface area contributed by atoms with E-state index in [0.717, 1.165) is 40.3 Å². The van der Waals surface area contributed by atoms with Crippen LogP contribution >= 0.6 is 11.3 Å². The van der Waals surface area contributed by atoms with Crippen molar-refractivity contribution in [1.82, 2.24) is 4.57 Å². The van der Waals surface area contributed by atoms with Gasteiger partial charge in [0.15, 0.2) is 6.61 Å². The Bertz CT molecular complexity index is 1030. The summed E-state index contributed by atoms with van der Waals surface area (Å²) < 4.78 is 7.37. The zero-order valence-electron chi connectivity index (χ0n) is 17.5. The monoisotopic (exact) mass is 410 g/mol. The average molecular weight is 411 g/mol. The fourth-order valence-electron chi connectivity index (χ4n) is 3.57. The summed E-state index contributed by atoms with van der Waals surface area (Å²) in [6.07, 6.45) is 0. The Balaban J connectivity index is 1.64. The molecule has 29 heavy (non-hydrogen) atoms. The molecule has 152 valence electrons. The first-order valence-corrected chi connectivity index (χ1v) is 10.4. The molecule has 0 radical (unpaired) electrons. The summed E-state index contributed by atoms with van der Waals surface area (Å²) in [4.78, 5) is 26.1. The van der Waals surface area contributed by atoms with Crippen LogP contribution in [-0.4, -0.2) is 23.1 Å². The predicted molar refractivity (Wildman–Crippen MR) is 117 cm³/mol. The minimum absolute atomic E-state index is 0.319. The second-order valence-corrected chi connectivity index (χ2v) is 8.38. The minimum atomic E-state index is -0.483. The number of anilines is 1. The van der Waals surface area contributed by atoms with Crippen LogP contribution in [-0.2, 0) is 16.1 Å². The Labute approximate surface area is 175 Å². The molecule has 5 nitrogen and oxygen atoms in total. The molecule has 1 aromatic carbocycles. The first-order valence-electron chi connectivity index (χ1n) is 9.50. The highest BCUT2D eigenvalue weighted by Gasteiger charge is 2.19. The first-order chi connectivity index (χ1) is 13.8. The number of nitrogens with zero attached hydrogens (tertiary/aromatic N) is 1. The van der Waals surface area contributed by atoms with Crippen molar-refractivity contribution in [2.75, 3.05) is 11.9 Å². The van der Waals surface area contributed by atoms with Crippen molar-refractivity contribution in [2.45, 2.75) is 41.2 Å². The van der Waals surface area contributed by atoms with Crippen molar-refractivity contribution in [2.24, 2.45) is 0 Å². The third-order valence-electron chi connectivity index (χ3n) is 4.96. The van der Waals surface area contributed by atoms with Crippen LogP contribution in [0.4, 0.5) is 5.69 Å². The lowest BCUT2D eigenvalue weighted by Crippen LogP contribution is -2.22. The van der Waals surface area contributed by atoms with Gasteiger partial charge in [0, 0.05) is 22.0 Å². The van der Waals surface area contributed by atoms with Crippen LogP contribution in [0.2, 0.25) is 0 Å². The number of rotatable bonds is 6. The number of benzene rings is 1. The highest BCUT2D eigenvalue weighted by atomic mass is 32.1. The fourth-order valence-corrected chi connectivity index (χ4v) is 4.26. The number of aromatic nitrogens is 1. The number of esters is 1. The van der Waals surface area contributed by atoms with Gasteiger partial charge in [0.2, 0.25) is 0 Å². The van der Waals surface area contributed by atoms with Crippen LogP contribution in [0.25, 0.3) is 0 Å². The van der Waals surface area contributed by atoms with Gasteiger partial charge in [-0.2, -0.15) is 0 Å². The van der Waals surface area contributed by atoms with E-state index in [0.29, 0.717) is 5.56 Å². The summed E-state index contributed by atoms with van der Waals surface area (Å²) in [5.74, 6) is -0.830. The van der Waals surface area contributed by atoms with Gasteiger partial charge in [0.1, 0.15) is 0 Å². The summed E-state index contributed by atoms with van der Waals surface area (Å²) in [5.41, 5.74) is 6.20. The molecule has 0 atom stereocenters. The van der Waals surface area contributed by atoms with Gasteiger partial charge in [0.25, 0.3) is 5.91 Å². The normalized spacial score (nSPS) is 10.8. The lowest BCUT2D eigenvalue weighted by atomic mass is 10.1. The van der Waals surface area contributed by atoms with Gasteiger partial charge < -0.3 is 14.6 Å². The van der Waals surface area contributed by atoms with Gasteiger partial charge in [-0.1, -0.05) is 23.8 Å². The third-order valence-corrected chi connectivity index (χ3v) is 5.82. The Morgan fingerprint density at radius 2 is 1.76 bits per heavy atom. The number of hydrogen-bond acceptors (Lipinski definition) is 4. The van der Waals surface area contributed by atoms with E-state index in [2.05, 4.69) is 16.0 Å². The number of carbonyl (C=O) groups excluding carboxylic acids is 2. The molecular formula is C23H26N2O3S. The molecule has 0 aliphatic heterocycles. The van der Waals surface area contributed by atoms with Gasteiger partial charge in [-0.25, -0.2) is 4.79 Å². The standard InChI is InChI=1S/C23H26N2O3S/c1-14-9-15(2)22(16(3)10-14)24-21(26)13-28-23(27)20-11-17(4)25(18(20)5)12-19-7-6-8-29-19/h6-11H,12-13H2,1-5H3,(H,24,26). The number of ether oxygens (including phenoxy) is 1. The molecule has 3 rings (SSSR count). The third kappa shape index (κ3) is 4.77. The van der Waals surface area contributed by atoms with E-state index in [4.69, 9.17) is 4.74 Å². The van der Waals surface area contributed by atoms with Crippen LogP contribution in [0.15, 0.2) is 35.7 Å². The maximum Gasteiger partial charge on any atom is 0.340 e. The molecule has 0 spiro atoms. The van der Waals surface area contributed by atoms with Gasteiger partial charge in [-0.05, 0) is 63.3 Å². The molecule has 3 aromatic rings. The number of hydrogen-bond donors (Lipinski definition) is 1. The molecule has 2 heterocycles. The number of nitrogens with one attached hydrogen (secondary N) is 1. The van der Waals surface area contributed by atoms with Crippen LogP contribution in [0, 0.1) is 34.6 Å². The maximum absolute atomic E-state index is 12.6. The number of aryl methyl sites for hydroxylation is 4. The summed E-state index contributed by atoms with van der Waals surface area (Å²) >= 11 is 1.68. The van der Waals surface area contributed by atoms with Crippen molar-refractivity contribution in [3.63, 3.8) is 0 Å². The van der Waals surface area contributed by atoms with E-state index in [-0.39, 0.29) is 12.5 Å². The Hall–Kier alpha value is -2.86. The van der Waals surface area contributed by atoms with Gasteiger partial charge in [-0.15, -0.1) is 11.3 Å². The van der Waals surface area contributed by atoms with Crippen LogP contribution < -0.4 is 5.32 Å². The zero-order chi connectivity index (χ0) is 21.1.